The number of fused-ring (bicyclic) bond motifs is 1. The van der Waals surface area contributed by atoms with Gasteiger partial charge in [-0.1, -0.05) is 37.7 Å². The maximum Gasteiger partial charge on any atom is 0.274 e. The van der Waals surface area contributed by atoms with Crippen molar-refractivity contribution < 1.29 is 84.9 Å². The van der Waals surface area contributed by atoms with E-state index in [4.69, 9.17) is 10.5 Å². The van der Waals surface area contributed by atoms with Crippen LogP contribution in [0.25, 0.3) is 11.2 Å². The van der Waals surface area contributed by atoms with Gasteiger partial charge in [0.05, 0.1) is 27.4 Å². The standard InChI is InChI=1S/C28H39FN7O17P3S/c1-28(2,22(39)25(40)32-7-6-18(37)31-8-9-57-27(41)15-4-3-5-16(29)10-15)12-50-56(47,48)53-55(45,46)49-11-17-21(52-54(42,43)44)20(38)26(51-17)36-14-35-19-23(30)33-13-34-24(19)36/h3-5,10,13-14,17,20-22,26,38-39H,6-9,11-12H2,1-2H3,(H,31,37)(H,32,40)(H,45,46)(H,47,48)(H2,30,33,34)(H2,42,43,44)/p-4/t17-,20-,21-,22+,26-/m1/s1. The predicted octanol–water partition coefficient (Wildman–Crippen LogP) is -2.41. The Morgan fingerprint density at radius 3 is 2.47 bits per heavy atom. The fourth-order valence-corrected chi connectivity index (χ4v) is 8.37. The smallest absolute Gasteiger partial charge is 0.274 e. The molecule has 2 amide bonds. The van der Waals surface area contributed by atoms with Crippen LogP contribution in [-0.2, 0) is 45.9 Å². The van der Waals surface area contributed by atoms with E-state index in [-0.39, 0.29) is 47.8 Å². The SMILES string of the molecule is CC(C)(COP(=O)([O-])OP(=O)([O-])OC[C@H]1O[C@@H](n2cnc3c(N)ncnc32)[C@H](O)[C@@H]1OP(=O)([O-])[O-])[C@@H](O)C(=O)NCCC(=O)NCCSC(=O)c1cccc(F)c1. The number of amides is 2. The monoisotopic (exact) mass is 885 g/mol. The maximum atomic E-state index is 13.3. The van der Waals surface area contributed by atoms with Crippen LogP contribution in [0.5, 0.6) is 0 Å². The second kappa shape index (κ2) is 19.2. The summed E-state index contributed by atoms with van der Waals surface area (Å²) < 4.78 is 73.7. The summed E-state index contributed by atoms with van der Waals surface area (Å²) in [5.74, 6) is -2.07. The third-order valence-electron chi connectivity index (χ3n) is 7.77. The summed E-state index contributed by atoms with van der Waals surface area (Å²) in [6.45, 7) is -0.160. The molecule has 1 fully saturated rings. The number of imidazole rings is 1. The minimum Gasteiger partial charge on any atom is -0.790 e. The number of hydrogen-bond acceptors (Lipinski definition) is 22. The number of nitrogens with one attached hydrogen (secondary N) is 2. The molecule has 24 nitrogen and oxygen atoms in total. The second-order valence-corrected chi connectivity index (χ2v) is 17.8. The molecule has 6 N–H and O–H groups in total. The third-order valence-corrected chi connectivity index (χ3v) is 11.7. The lowest BCUT2D eigenvalue weighted by Gasteiger charge is -2.36. The number of aliphatic hydroxyl groups is 2. The fourth-order valence-electron chi connectivity index (χ4n) is 4.95. The molecule has 7 atom stereocenters. The number of phosphoric ester groups is 3. The van der Waals surface area contributed by atoms with Crippen molar-refractivity contribution >= 4 is 69.1 Å². The number of anilines is 1. The Kier molecular flexibility index (Phi) is 15.6. The van der Waals surface area contributed by atoms with Crippen molar-refractivity contribution in [3.8, 4) is 0 Å². The van der Waals surface area contributed by atoms with E-state index >= 15 is 0 Å². The minimum absolute atomic E-state index is 0.0303. The molecule has 0 spiro atoms. The molecule has 0 bridgehead atoms. The van der Waals surface area contributed by atoms with E-state index in [0.29, 0.717) is 0 Å². The van der Waals surface area contributed by atoms with Crippen molar-refractivity contribution in [3.63, 3.8) is 0 Å². The first-order chi connectivity index (χ1) is 26.5. The third kappa shape index (κ3) is 13.4. The molecule has 0 saturated carbocycles. The van der Waals surface area contributed by atoms with Crippen molar-refractivity contribution in [2.24, 2.45) is 5.41 Å². The first-order valence-electron chi connectivity index (χ1n) is 16.2. The Morgan fingerprint density at radius 2 is 1.79 bits per heavy atom. The zero-order chi connectivity index (χ0) is 42.3. The number of carbonyl (C=O) groups is 3. The van der Waals surface area contributed by atoms with E-state index in [1.54, 1.807) is 0 Å². The quantitative estimate of drug-likeness (QED) is 0.0582. The highest BCUT2D eigenvalue weighted by atomic mass is 32.2. The molecular formula is C28H35FN7O17P3S-4. The molecular weight excluding hydrogens is 850 g/mol. The molecule has 4 rings (SSSR count). The lowest BCUT2D eigenvalue weighted by Crippen LogP contribution is -2.46. The Balaban J connectivity index is 1.23. The van der Waals surface area contributed by atoms with Gasteiger partial charge in [-0.05, 0) is 12.1 Å². The molecule has 1 aliphatic rings. The number of hydrogen-bond donors (Lipinski definition) is 5. The summed E-state index contributed by atoms with van der Waals surface area (Å²) in [4.78, 5) is 96.1. The molecule has 0 aliphatic carbocycles. The number of nitrogens with two attached hydrogens (primary N) is 1. The molecule has 3 heterocycles. The molecule has 0 radical (unpaired) electrons. The average Bonchev–Trinajstić information content (AvgIpc) is 3.68. The average molecular weight is 886 g/mol. The van der Waals surface area contributed by atoms with E-state index < -0.39 is 95.5 Å². The molecule has 2 aromatic heterocycles. The number of aromatic nitrogens is 4. The molecule has 316 valence electrons. The van der Waals surface area contributed by atoms with Gasteiger partial charge in [0.1, 0.15) is 42.1 Å². The number of phosphoric acid groups is 3. The number of nitrogen functional groups attached to an aromatic ring is 1. The van der Waals surface area contributed by atoms with Crippen LogP contribution in [0, 0.1) is 11.2 Å². The molecule has 3 aromatic rings. The van der Waals surface area contributed by atoms with Gasteiger partial charge in [0.2, 0.25) is 16.9 Å². The molecule has 2 unspecified atom stereocenters. The van der Waals surface area contributed by atoms with Gasteiger partial charge >= 0.3 is 0 Å². The van der Waals surface area contributed by atoms with Crippen LogP contribution in [0.3, 0.4) is 0 Å². The van der Waals surface area contributed by atoms with Crippen LogP contribution in [0.2, 0.25) is 0 Å². The van der Waals surface area contributed by atoms with Crippen LogP contribution in [0.15, 0.2) is 36.9 Å². The predicted molar refractivity (Wildman–Crippen MR) is 184 cm³/mol. The summed E-state index contributed by atoms with van der Waals surface area (Å²) in [6, 6.07) is 5.09. The van der Waals surface area contributed by atoms with Crippen molar-refractivity contribution in [3.05, 3.63) is 48.3 Å². The van der Waals surface area contributed by atoms with Gasteiger partial charge in [-0.15, -0.1) is 0 Å². The van der Waals surface area contributed by atoms with E-state index in [1.165, 1.54) is 32.0 Å². The topological polar surface area (TPSA) is 375 Å². The van der Waals surface area contributed by atoms with Crippen LogP contribution < -0.4 is 35.9 Å². The fraction of sp³-hybridized carbons (Fsp3) is 0.500. The minimum atomic E-state index is -5.93. The van der Waals surface area contributed by atoms with Gasteiger partial charge in [0, 0.05) is 36.2 Å². The summed E-state index contributed by atoms with van der Waals surface area (Å²) in [7, 11) is -17.6. The number of nitrogens with zero attached hydrogens (tertiary/aromatic N) is 4. The number of halogens is 1. The normalized spacial score (nSPS) is 21.4. The first kappa shape index (κ1) is 46.4. The number of rotatable bonds is 20. The highest BCUT2D eigenvalue weighted by molar-refractivity contribution is 8.14. The number of aliphatic hydroxyl groups excluding tert-OH is 2. The largest absolute Gasteiger partial charge is 0.790 e. The summed E-state index contributed by atoms with van der Waals surface area (Å²) >= 11 is 0.854. The highest BCUT2D eigenvalue weighted by Gasteiger charge is 2.47. The molecule has 29 heteroatoms. The van der Waals surface area contributed by atoms with Gasteiger partial charge in [-0.2, -0.15) is 0 Å². The summed E-state index contributed by atoms with van der Waals surface area (Å²) in [5, 5.41) is 25.7. The lowest BCUT2D eigenvalue weighted by atomic mass is 9.87. The Morgan fingerprint density at radius 1 is 1.09 bits per heavy atom. The lowest BCUT2D eigenvalue weighted by molar-refractivity contribution is -0.347. The van der Waals surface area contributed by atoms with Gasteiger partial charge in [-0.3, -0.25) is 28.1 Å². The molecule has 1 saturated heterocycles. The van der Waals surface area contributed by atoms with Crippen molar-refractivity contribution in [1.29, 1.82) is 0 Å². The van der Waals surface area contributed by atoms with E-state index in [9.17, 15) is 62.3 Å². The number of thioether (sulfide) groups is 1. The van der Waals surface area contributed by atoms with Gasteiger partial charge in [-0.25, -0.2) is 23.7 Å². The number of benzene rings is 1. The van der Waals surface area contributed by atoms with E-state index in [1.807, 2.05) is 0 Å². The zero-order valence-corrected chi connectivity index (χ0v) is 33.1. The molecule has 1 aromatic carbocycles. The zero-order valence-electron chi connectivity index (χ0n) is 29.6. The second-order valence-electron chi connectivity index (χ2n) is 12.6. The van der Waals surface area contributed by atoms with Crippen molar-refractivity contribution in [2.45, 2.75) is 50.9 Å². The Hall–Kier alpha value is -3.29. The number of ether oxygens (including phenoxy) is 1. The summed E-state index contributed by atoms with van der Waals surface area (Å²) in [6.07, 6.45) is -7.74. The maximum absolute atomic E-state index is 13.3. The van der Waals surface area contributed by atoms with Gasteiger partial charge in [0.15, 0.2) is 17.7 Å². The van der Waals surface area contributed by atoms with E-state index in [0.717, 1.165) is 35.0 Å². The molecule has 57 heavy (non-hydrogen) atoms. The van der Waals surface area contributed by atoms with Crippen molar-refractivity contribution in [2.75, 3.05) is 37.8 Å². The van der Waals surface area contributed by atoms with Gasteiger partial charge in [0.25, 0.3) is 15.6 Å². The highest BCUT2D eigenvalue weighted by Crippen LogP contribution is 2.56. The van der Waals surface area contributed by atoms with Crippen LogP contribution in [0.4, 0.5) is 10.2 Å². The summed E-state index contributed by atoms with van der Waals surface area (Å²) in [5.41, 5.74) is 4.17. The van der Waals surface area contributed by atoms with E-state index in [2.05, 4.69) is 43.5 Å². The molecule has 1 aliphatic heterocycles. The number of carbonyl (C=O) groups excluding carboxylic acids is 3. The first-order valence-corrected chi connectivity index (χ1v) is 21.6. The van der Waals surface area contributed by atoms with Gasteiger partial charge < -0.3 is 69.0 Å². The Labute approximate surface area is 326 Å². The van der Waals surface area contributed by atoms with Crippen LogP contribution in [0.1, 0.15) is 36.9 Å². The van der Waals surface area contributed by atoms with Crippen molar-refractivity contribution in [1.82, 2.24) is 30.2 Å². The van der Waals surface area contributed by atoms with Crippen LogP contribution in [-0.4, -0.2) is 103 Å². The Bertz CT molecular complexity index is 2080. The van der Waals surface area contributed by atoms with Crippen LogP contribution >= 0.6 is 35.2 Å².